The van der Waals surface area contributed by atoms with Crippen LogP contribution in [0, 0.1) is 18.3 Å². The maximum atomic E-state index is 9.94. The maximum absolute atomic E-state index is 9.94. The monoisotopic (exact) mass is 417 g/mol. The number of rotatable bonds is 7. The first-order valence-electron chi connectivity index (χ1n) is 10.6. The van der Waals surface area contributed by atoms with E-state index in [9.17, 15) is 5.11 Å². The third-order valence-electron chi connectivity index (χ3n) is 6.42. The van der Waals surface area contributed by atoms with Gasteiger partial charge in [0, 0.05) is 28.0 Å². The van der Waals surface area contributed by atoms with Gasteiger partial charge >= 0.3 is 0 Å². The van der Waals surface area contributed by atoms with Crippen molar-refractivity contribution in [2.24, 2.45) is 22.1 Å². The molecular weight excluding hydrogens is 390 g/mol. The van der Waals surface area contributed by atoms with Crippen LogP contribution in [-0.4, -0.2) is 28.8 Å². The largest absolute Gasteiger partial charge is 0.489 e. The van der Waals surface area contributed by atoms with Crippen molar-refractivity contribution in [2.45, 2.75) is 38.8 Å². The van der Waals surface area contributed by atoms with Gasteiger partial charge in [0.2, 0.25) is 0 Å². The molecule has 0 amide bonds. The molecule has 0 radical (unpaired) electrons. The Balaban J connectivity index is 1.28. The van der Waals surface area contributed by atoms with Crippen LogP contribution in [0.25, 0.3) is 10.9 Å². The second kappa shape index (κ2) is 7.92. The number of hydrogen-bond donors (Lipinski definition) is 4. The van der Waals surface area contributed by atoms with Gasteiger partial charge in [0.25, 0.3) is 0 Å². The number of hydrazine groups is 1. The van der Waals surface area contributed by atoms with Crippen LogP contribution in [0.5, 0.6) is 5.75 Å². The van der Waals surface area contributed by atoms with Crippen molar-refractivity contribution >= 4 is 17.2 Å². The Kier molecular flexibility index (Phi) is 5.09. The summed E-state index contributed by atoms with van der Waals surface area (Å²) in [5.41, 5.74) is 16.0. The lowest BCUT2D eigenvalue weighted by Gasteiger charge is -2.23. The Labute approximate surface area is 181 Å². The average molecular weight is 418 g/mol. The van der Waals surface area contributed by atoms with Crippen molar-refractivity contribution in [3.05, 3.63) is 71.4 Å². The number of aliphatic hydroxyl groups excluding tert-OH is 1. The number of hydrogen-bond acceptors (Lipinski definition) is 7. The first-order valence-corrected chi connectivity index (χ1v) is 10.6. The van der Waals surface area contributed by atoms with Crippen LogP contribution in [0.3, 0.4) is 0 Å². The summed E-state index contributed by atoms with van der Waals surface area (Å²) in [4.78, 5) is 9.06. The summed E-state index contributed by atoms with van der Waals surface area (Å²) in [7, 11) is 0. The Morgan fingerprint density at radius 1 is 1.23 bits per heavy atom. The van der Waals surface area contributed by atoms with Crippen molar-refractivity contribution in [1.29, 1.82) is 0 Å². The van der Waals surface area contributed by atoms with E-state index in [4.69, 9.17) is 10.5 Å². The number of aryl methyl sites for hydroxylation is 1. The van der Waals surface area contributed by atoms with Crippen molar-refractivity contribution in [3.8, 4) is 5.75 Å². The number of aliphatic imine (C=N–C) groups is 1. The van der Waals surface area contributed by atoms with Gasteiger partial charge in [-0.3, -0.25) is 9.98 Å². The summed E-state index contributed by atoms with van der Waals surface area (Å²) in [6.45, 7) is 2.49. The quantitative estimate of drug-likeness (QED) is 0.440. The minimum Gasteiger partial charge on any atom is -0.489 e. The van der Waals surface area contributed by atoms with Gasteiger partial charge in [-0.25, -0.2) is 5.43 Å². The smallest absolute Gasteiger partial charge is 0.124 e. The zero-order valence-electron chi connectivity index (χ0n) is 17.5. The number of benzene rings is 2. The van der Waals surface area contributed by atoms with Crippen LogP contribution in [-0.2, 0) is 13.0 Å². The van der Waals surface area contributed by atoms with Crippen LogP contribution in [0.1, 0.15) is 23.2 Å². The number of pyridine rings is 1. The molecule has 2 aliphatic rings. The van der Waals surface area contributed by atoms with Crippen molar-refractivity contribution in [3.63, 3.8) is 0 Å². The molecule has 3 aromatic rings. The molecule has 2 aromatic carbocycles. The molecule has 5 N–H and O–H groups in total. The zero-order valence-corrected chi connectivity index (χ0v) is 17.5. The van der Waals surface area contributed by atoms with Crippen molar-refractivity contribution in [1.82, 2.24) is 15.8 Å². The Bertz CT molecular complexity index is 1110. The molecule has 1 fully saturated rings. The second-order valence-electron chi connectivity index (χ2n) is 8.55. The van der Waals surface area contributed by atoms with Crippen molar-refractivity contribution in [2.75, 3.05) is 0 Å². The Hall–Kier alpha value is -3.00. The predicted molar refractivity (Wildman–Crippen MR) is 120 cm³/mol. The standard InChI is InChI=1S/C24H27N5O2/c1-15-10-17(19-4-2-3-5-21(19)28-15)13-31-18-8-6-16(7-9-18)11-24(12-20(24)22(25)30)23-26-14-27-29-23/h2-10,14,20,22-23,29-30H,11-13,25H2,1H3,(H,26,27)/t20?,22?,23?,24-/m0/s1. The van der Waals surface area contributed by atoms with Crippen LogP contribution in [0.15, 0.2) is 59.6 Å². The van der Waals surface area contributed by atoms with Gasteiger partial charge in [-0.15, -0.1) is 0 Å². The summed E-state index contributed by atoms with van der Waals surface area (Å²) in [6.07, 6.45) is 2.37. The molecule has 1 saturated carbocycles. The number of nitrogens with zero attached hydrogens (tertiary/aromatic N) is 2. The topological polar surface area (TPSA) is 105 Å². The average Bonchev–Trinajstić information content (AvgIpc) is 3.23. The Morgan fingerprint density at radius 2 is 2.03 bits per heavy atom. The SMILES string of the molecule is Cc1cc(COc2ccc(C[C@]3(C4N=CNN4)CC3C(N)O)cc2)c2ccccc2n1. The van der Waals surface area contributed by atoms with Gasteiger partial charge in [0.15, 0.2) is 0 Å². The molecular formula is C24H27N5O2. The van der Waals surface area contributed by atoms with Gasteiger partial charge in [0.1, 0.15) is 24.8 Å². The number of nitrogens with one attached hydrogen (secondary N) is 2. The van der Waals surface area contributed by atoms with E-state index in [1.807, 2.05) is 37.3 Å². The fourth-order valence-corrected chi connectivity index (χ4v) is 4.74. The van der Waals surface area contributed by atoms with E-state index >= 15 is 0 Å². The van der Waals surface area contributed by atoms with Crippen LogP contribution < -0.4 is 21.3 Å². The lowest BCUT2D eigenvalue weighted by Crippen LogP contribution is -2.42. The molecule has 7 nitrogen and oxygen atoms in total. The first kappa shape index (κ1) is 19.9. The molecule has 7 heteroatoms. The molecule has 0 saturated heterocycles. The van der Waals surface area contributed by atoms with Gasteiger partial charge in [-0.1, -0.05) is 30.3 Å². The number of aliphatic hydroxyl groups is 1. The van der Waals surface area contributed by atoms with Gasteiger partial charge in [0.05, 0.1) is 11.9 Å². The minimum atomic E-state index is -0.834. The van der Waals surface area contributed by atoms with Gasteiger partial charge in [-0.2, -0.15) is 0 Å². The fraction of sp³-hybridized carbons (Fsp3) is 0.333. The molecule has 0 bridgehead atoms. The third-order valence-corrected chi connectivity index (χ3v) is 6.42. The number of nitrogens with two attached hydrogens (primary N) is 1. The second-order valence-corrected chi connectivity index (χ2v) is 8.55. The lowest BCUT2D eigenvalue weighted by molar-refractivity contribution is 0.128. The number of aromatic nitrogens is 1. The number of para-hydroxylation sites is 1. The van der Waals surface area contributed by atoms with E-state index in [1.54, 1.807) is 6.34 Å². The van der Waals surface area contributed by atoms with E-state index in [0.29, 0.717) is 6.61 Å². The van der Waals surface area contributed by atoms with Crippen LogP contribution in [0.2, 0.25) is 0 Å². The first-order chi connectivity index (χ1) is 15.0. The summed E-state index contributed by atoms with van der Waals surface area (Å²) in [5, 5.41) is 11.1. The minimum absolute atomic E-state index is 0.0289. The highest BCUT2D eigenvalue weighted by Gasteiger charge is 2.61. The summed E-state index contributed by atoms with van der Waals surface area (Å²) in [6, 6.07) is 18.4. The molecule has 1 aliphatic carbocycles. The molecule has 5 rings (SSSR count). The molecule has 31 heavy (non-hydrogen) atoms. The van der Waals surface area contributed by atoms with E-state index in [2.05, 4.69) is 45.1 Å². The highest BCUT2D eigenvalue weighted by Crippen LogP contribution is 2.58. The third kappa shape index (κ3) is 3.87. The van der Waals surface area contributed by atoms with Crippen LogP contribution in [0.4, 0.5) is 0 Å². The summed E-state index contributed by atoms with van der Waals surface area (Å²) < 4.78 is 6.08. The van der Waals surface area contributed by atoms with E-state index < -0.39 is 6.23 Å². The highest BCUT2D eigenvalue weighted by molar-refractivity contribution is 5.82. The van der Waals surface area contributed by atoms with E-state index in [-0.39, 0.29) is 17.5 Å². The highest BCUT2D eigenvalue weighted by atomic mass is 16.5. The number of fused-ring (bicyclic) bond motifs is 1. The molecule has 160 valence electrons. The molecule has 0 spiro atoms. The van der Waals surface area contributed by atoms with E-state index in [1.165, 1.54) is 5.56 Å². The molecule has 4 atom stereocenters. The fourth-order valence-electron chi connectivity index (χ4n) is 4.74. The van der Waals surface area contributed by atoms with Gasteiger partial charge < -0.3 is 21.0 Å². The normalized spacial score (nSPS) is 25.4. The maximum Gasteiger partial charge on any atom is 0.124 e. The molecule has 3 unspecified atom stereocenters. The number of ether oxygens (including phenoxy) is 1. The van der Waals surface area contributed by atoms with Gasteiger partial charge in [-0.05, 0) is 49.6 Å². The molecule has 1 aromatic heterocycles. The lowest BCUT2D eigenvalue weighted by atomic mass is 9.90. The molecule has 2 heterocycles. The summed E-state index contributed by atoms with van der Waals surface area (Å²) in [5.74, 6) is 0.849. The van der Waals surface area contributed by atoms with Crippen LogP contribution >= 0.6 is 0 Å². The summed E-state index contributed by atoms with van der Waals surface area (Å²) >= 11 is 0. The van der Waals surface area contributed by atoms with Crippen molar-refractivity contribution < 1.29 is 9.84 Å². The molecule has 1 aliphatic heterocycles. The Morgan fingerprint density at radius 3 is 2.74 bits per heavy atom. The van der Waals surface area contributed by atoms with E-state index in [0.717, 1.165) is 40.8 Å². The predicted octanol–water partition coefficient (Wildman–Crippen LogP) is 2.41. The zero-order chi connectivity index (χ0) is 21.4.